The lowest BCUT2D eigenvalue weighted by Gasteiger charge is -2.27. The van der Waals surface area contributed by atoms with Crippen LogP contribution in [-0.4, -0.2) is 26.8 Å². The fourth-order valence-electron chi connectivity index (χ4n) is 1.89. The lowest BCUT2D eigenvalue weighted by atomic mass is 10.2. The van der Waals surface area contributed by atoms with Crippen LogP contribution in [0.3, 0.4) is 0 Å². The van der Waals surface area contributed by atoms with Gasteiger partial charge in [0.25, 0.3) is 5.91 Å². The van der Waals surface area contributed by atoms with Gasteiger partial charge < -0.3 is 4.90 Å². The lowest BCUT2D eigenvalue weighted by Crippen LogP contribution is -2.36. The first-order valence-corrected chi connectivity index (χ1v) is 7.26. The Balaban J connectivity index is 2.30. The third kappa shape index (κ3) is 3.93. The van der Waals surface area contributed by atoms with Crippen LogP contribution in [0.4, 0.5) is 0 Å². The summed E-state index contributed by atoms with van der Waals surface area (Å²) in [6, 6.07) is 7.10. The molecule has 0 spiro atoms. The van der Waals surface area contributed by atoms with Crippen molar-refractivity contribution in [2.75, 3.05) is 0 Å². The van der Waals surface area contributed by atoms with Crippen LogP contribution in [0.2, 0.25) is 10.2 Å². The summed E-state index contributed by atoms with van der Waals surface area (Å²) in [6.07, 6.45) is 3.09. The van der Waals surface area contributed by atoms with Gasteiger partial charge in [0.15, 0.2) is 0 Å². The van der Waals surface area contributed by atoms with Gasteiger partial charge in [0.1, 0.15) is 5.15 Å². The van der Waals surface area contributed by atoms with Crippen molar-refractivity contribution in [1.29, 1.82) is 0 Å². The van der Waals surface area contributed by atoms with Gasteiger partial charge in [0.05, 0.1) is 22.8 Å². The molecule has 0 unspecified atom stereocenters. The number of rotatable bonds is 4. The van der Waals surface area contributed by atoms with E-state index in [4.69, 9.17) is 23.2 Å². The largest absolute Gasteiger partial charge is 0.330 e. The van der Waals surface area contributed by atoms with Crippen LogP contribution in [0.5, 0.6) is 0 Å². The molecule has 0 aromatic carbocycles. The number of nitrogens with zero attached hydrogens (tertiary/aromatic N) is 3. The number of aromatic nitrogens is 2. The summed E-state index contributed by atoms with van der Waals surface area (Å²) in [5.41, 5.74) is 1.16. The molecular weight excluding hydrogens is 309 g/mol. The average Bonchev–Trinajstić information content (AvgIpc) is 2.47. The molecule has 0 bridgehead atoms. The van der Waals surface area contributed by atoms with E-state index in [-0.39, 0.29) is 22.1 Å². The van der Waals surface area contributed by atoms with Gasteiger partial charge in [-0.1, -0.05) is 29.3 Å². The number of carbonyl (C=O) groups excluding carboxylic acids is 1. The Labute approximate surface area is 133 Å². The van der Waals surface area contributed by atoms with E-state index < -0.39 is 0 Å². The minimum Gasteiger partial charge on any atom is -0.330 e. The van der Waals surface area contributed by atoms with Gasteiger partial charge in [-0.2, -0.15) is 0 Å². The first-order valence-electron chi connectivity index (χ1n) is 6.51. The molecule has 0 radical (unpaired) electrons. The fraction of sp³-hybridized carbons (Fsp3) is 0.267. The Morgan fingerprint density at radius 2 is 2.05 bits per heavy atom. The number of hydrogen-bond donors (Lipinski definition) is 0. The molecule has 0 aliphatic heterocycles. The number of halogens is 2. The molecule has 2 aromatic heterocycles. The third-order valence-corrected chi connectivity index (χ3v) is 3.50. The predicted octanol–water partition coefficient (Wildman–Crippen LogP) is 3.83. The maximum atomic E-state index is 12.7. The van der Waals surface area contributed by atoms with Crippen molar-refractivity contribution in [3.05, 3.63) is 58.1 Å². The van der Waals surface area contributed by atoms with Crippen LogP contribution >= 0.6 is 23.2 Å². The molecule has 110 valence electrons. The van der Waals surface area contributed by atoms with Gasteiger partial charge in [-0.25, -0.2) is 4.98 Å². The molecule has 2 rings (SSSR count). The molecule has 0 atom stereocenters. The zero-order valence-electron chi connectivity index (χ0n) is 11.8. The molecule has 0 aliphatic rings. The van der Waals surface area contributed by atoms with Crippen molar-refractivity contribution in [3.8, 4) is 0 Å². The molecule has 0 N–H and O–H groups in total. The summed E-state index contributed by atoms with van der Waals surface area (Å²) in [5.74, 6) is -0.190. The second kappa shape index (κ2) is 6.87. The van der Waals surface area contributed by atoms with E-state index in [0.717, 1.165) is 5.69 Å². The molecule has 0 saturated heterocycles. The monoisotopic (exact) mass is 323 g/mol. The smallest absolute Gasteiger partial charge is 0.256 e. The predicted molar refractivity (Wildman–Crippen MR) is 83.5 cm³/mol. The van der Waals surface area contributed by atoms with Gasteiger partial charge in [0, 0.05) is 18.4 Å². The number of amides is 1. The fourth-order valence-corrected chi connectivity index (χ4v) is 2.23. The minimum atomic E-state index is -0.190. The molecule has 21 heavy (non-hydrogen) atoms. The highest BCUT2D eigenvalue weighted by atomic mass is 35.5. The Kier molecular flexibility index (Phi) is 5.15. The minimum absolute atomic E-state index is 0.00233. The van der Waals surface area contributed by atoms with Gasteiger partial charge in [-0.15, -0.1) is 0 Å². The van der Waals surface area contributed by atoms with E-state index in [1.807, 2.05) is 32.0 Å². The van der Waals surface area contributed by atoms with Crippen LogP contribution in [-0.2, 0) is 6.54 Å². The number of hydrogen-bond acceptors (Lipinski definition) is 3. The molecule has 2 heterocycles. The van der Waals surface area contributed by atoms with Crippen molar-refractivity contribution in [1.82, 2.24) is 14.9 Å². The quantitative estimate of drug-likeness (QED) is 0.803. The first-order chi connectivity index (χ1) is 9.99. The molecule has 4 nitrogen and oxygen atoms in total. The average molecular weight is 324 g/mol. The first kappa shape index (κ1) is 15.7. The van der Waals surface area contributed by atoms with Gasteiger partial charge >= 0.3 is 0 Å². The van der Waals surface area contributed by atoms with E-state index in [1.165, 1.54) is 12.3 Å². The van der Waals surface area contributed by atoms with Crippen molar-refractivity contribution in [2.24, 2.45) is 0 Å². The van der Waals surface area contributed by atoms with Crippen LogP contribution < -0.4 is 0 Å². The van der Waals surface area contributed by atoms with E-state index in [1.54, 1.807) is 11.1 Å². The van der Waals surface area contributed by atoms with Crippen LogP contribution in [0.1, 0.15) is 29.9 Å². The molecule has 6 heteroatoms. The third-order valence-electron chi connectivity index (χ3n) is 3.00. The lowest BCUT2D eigenvalue weighted by molar-refractivity contribution is 0.0688. The molecule has 0 fully saturated rings. The van der Waals surface area contributed by atoms with Gasteiger partial charge in [-0.05, 0) is 32.0 Å². The zero-order chi connectivity index (χ0) is 15.4. The highest BCUT2D eigenvalue weighted by molar-refractivity contribution is 6.35. The molecule has 1 amide bonds. The van der Waals surface area contributed by atoms with Crippen LogP contribution in [0, 0.1) is 0 Å². The Hall–Kier alpha value is -1.65. The SMILES string of the molecule is CC(C)N(Cc1ccccn1)C(=O)c1cc(Cl)ncc1Cl. The number of carbonyl (C=O) groups is 1. The summed E-state index contributed by atoms with van der Waals surface area (Å²) in [7, 11) is 0. The maximum Gasteiger partial charge on any atom is 0.256 e. The molecule has 0 aliphatic carbocycles. The summed E-state index contributed by atoms with van der Waals surface area (Å²) in [5, 5.41) is 0.528. The summed E-state index contributed by atoms with van der Waals surface area (Å²) < 4.78 is 0. The highest BCUT2D eigenvalue weighted by Crippen LogP contribution is 2.21. The van der Waals surface area contributed by atoms with Crippen LogP contribution in [0.25, 0.3) is 0 Å². The molecular formula is C15H15Cl2N3O. The Morgan fingerprint density at radius 3 is 2.67 bits per heavy atom. The standard InChI is InChI=1S/C15H15Cl2N3O/c1-10(2)20(9-11-5-3-4-6-18-11)15(21)12-7-14(17)19-8-13(12)16/h3-8,10H,9H2,1-2H3. The summed E-state index contributed by atoms with van der Waals surface area (Å²) in [6.45, 7) is 4.29. The van der Waals surface area contributed by atoms with Gasteiger partial charge in [0.2, 0.25) is 0 Å². The highest BCUT2D eigenvalue weighted by Gasteiger charge is 2.22. The van der Waals surface area contributed by atoms with Crippen molar-refractivity contribution < 1.29 is 4.79 Å². The van der Waals surface area contributed by atoms with Gasteiger partial charge in [-0.3, -0.25) is 9.78 Å². The zero-order valence-corrected chi connectivity index (χ0v) is 13.3. The van der Waals surface area contributed by atoms with E-state index in [2.05, 4.69) is 9.97 Å². The second-order valence-electron chi connectivity index (χ2n) is 4.83. The molecule has 2 aromatic rings. The van der Waals surface area contributed by atoms with Crippen LogP contribution in [0.15, 0.2) is 36.7 Å². The Bertz CT molecular complexity index is 632. The topological polar surface area (TPSA) is 46.1 Å². The van der Waals surface area contributed by atoms with E-state index in [9.17, 15) is 4.79 Å². The number of pyridine rings is 2. The summed E-state index contributed by atoms with van der Waals surface area (Å²) >= 11 is 11.9. The molecule has 0 saturated carbocycles. The van der Waals surface area contributed by atoms with Crippen molar-refractivity contribution in [3.63, 3.8) is 0 Å². The van der Waals surface area contributed by atoms with E-state index >= 15 is 0 Å². The maximum absolute atomic E-state index is 12.7. The Morgan fingerprint density at radius 1 is 1.29 bits per heavy atom. The summed E-state index contributed by atoms with van der Waals surface area (Å²) in [4.78, 5) is 22.5. The second-order valence-corrected chi connectivity index (χ2v) is 5.63. The van der Waals surface area contributed by atoms with E-state index in [0.29, 0.717) is 12.1 Å². The van der Waals surface area contributed by atoms with Crippen molar-refractivity contribution in [2.45, 2.75) is 26.4 Å². The normalized spacial score (nSPS) is 10.7. The van der Waals surface area contributed by atoms with Crippen molar-refractivity contribution >= 4 is 29.1 Å².